The number of amides is 2. The Morgan fingerprint density at radius 3 is 2.77 bits per heavy atom. The van der Waals surface area contributed by atoms with Gasteiger partial charge in [-0.15, -0.1) is 0 Å². The number of esters is 1. The predicted octanol–water partition coefficient (Wildman–Crippen LogP) is 3.58. The van der Waals surface area contributed by atoms with Crippen LogP contribution in [0.3, 0.4) is 0 Å². The molecule has 2 amide bonds. The second-order valence-electron chi connectivity index (χ2n) is 7.12. The number of thiazole rings is 1. The summed E-state index contributed by atoms with van der Waals surface area (Å²) < 4.78 is 10.6. The fourth-order valence-electron chi connectivity index (χ4n) is 3.28. The molecule has 1 aliphatic rings. The zero-order chi connectivity index (χ0) is 22.4. The molecule has 9 heteroatoms. The van der Waals surface area contributed by atoms with E-state index in [2.05, 4.69) is 11.9 Å². The van der Waals surface area contributed by atoms with E-state index in [1.165, 1.54) is 4.90 Å². The summed E-state index contributed by atoms with van der Waals surface area (Å²) in [6, 6.07) is 7.15. The van der Waals surface area contributed by atoms with Gasteiger partial charge >= 0.3 is 5.97 Å². The Morgan fingerprint density at radius 2 is 2.03 bits per heavy atom. The van der Waals surface area contributed by atoms with Crippen LogP contribution in [-0.2, 0) is 14.3 Å². The Bertz CT molecular complexity index is 958. The minimum Gasteiger partial charge on any atom is -0.482 e. The Labute approximate surface area is 185 Å². The van der Waals surface area contributed by atoms with Gasteiger partial charge < -0.3 is 9.47 Å². The van der Waals surface area contributed by atoms with Crippen LogP contribution in [0.25, 0.3) is 0 Å². The van der Waals surface area contributed by atoms with Gasteiger partial charge in [0.15, 0.2) is 11.7 Å². The van der Waals surface area contributed by atoms with Gasteiger partial charge in [-0.1, -0.05) is 43.2 Å². The minimum atomic E-state index is -0.443. The third-order valence-corrected chi connectivity index (χ3v) is 6.03. The molecule has 0 saturated heterocycles. The lowest BCUT2D eigenvalue weighted by atomic mass is 10.2. The van der Waals surface area contributed by atoms with E-state index < -0.39 is 5.97 Å². The van der Waals surface area contributed by atoms with Gasteiger partial charge in [-0.2, -0.15) is 0 Å². The summed E-state index contributed by atoms with van der Waals surface area (Å²) >= 11 is 1.14. The number of aromatic nitrogens is 1. The van der Waals surface area contributed by atoms with Crippen LogP contribution in [0.5, 0.6) is 5.75 Å². The molecule has 0 N–H and O–H groups in total. The quantitative estimate of drug-likeness (QED) is 0.433. The number of ether oxygens (including phenoxy) is 2. The second-order valence-corrected chi connectivity index (χ2v) is 8.10. The Kier molecular flexibility index (Phi) is 7.62. The molecule has 8 nitrogen and oxygen atoms in total. The molecule has 0 radical (unpaired) electrons. The van der Waals surface area contributed by atoms with Crippen LogP contribution in [-0.4, -0.2) is 49.1 Å². The highest BCUT2D eigenvalue weighted by Gasteiger charge is 2.30. The van der Waals surface area contributed by atoms with E-state index in [0.717, 1.165) is 30.6 Å². The van der Waals surface area contributed by atoms with Crippen molar-refractivity contribution in [2.24, 2.45) is 0 Å². The first-order valence-electron chi connectivity index (χ1n) is 10.4. The van der Waals surface area contributed by atoms with Crippen molar-refractivity contribution in [3.63, 3.8) is 0 Å². The van der Waals surface area contributed by atoms with Crippen LogP contribution in [0, 0.1) is 6.92 Å². The van der Waals surface area contributed by atoms with E-state index in [9.17, 15) is 14.4 Å². The van der Waals surface area contributed by atoms with Crippen LogP contribution in [0.4, 0.5) is 10.8 Å². The maximum atomic E-state index is 13.3. The number of anilines is 2. The van der Waals surface area contributed by atoms with Gasteiger partial charge in [0.1, 0.15) is 17.2 Å². The molecule has 0 aliphatic carbocycles. The highest BCUT2D eigenvalue weighted by atomic mass is 32.1. The van der Waals surface area contributed by atoms with Gasteiger partial charge in [-0.05, 0) is 32.4 Å². The number of carbonyl (C=O) groups is 3. The molecular formula is C22H27N3O5S. The zero-order valence-corrected chi connectivity index (χ0v) is 18.9. The lowest BCUT2D eigenvalue weighted by Crippen LogP contribution is -2.46. The van der Waals surface area contributed by atoms with E-state index in [4.69, 9.17) is 9.47 Å². The molecule has 1 aromatic heterocycles. The summed E-state index contributed by atoms with van der Waals surface area (Å²) in [5, 5.41) is 0.440. The summed E-state index contributed by atoms with van der Waals surface area (Å²) in [5.41, 5.74) is 1.10. The van der Waals surface area contributed by atoms with Crippen LogP contribution in [0.1, 0.15) is 48.5 Å². The number of carbonyl (C=O) groups excluding carboxylic acids is 3. The molecule has 1 aliphatic heterocycles. The van der Waals surface area contributed by atoms with Gasteiger partial charge in [-0.25, -0.2) is 9.78 Å². The molecule has 31 heavy (non-hydrogen) atoms. The average Bonchev–Trinajstić information content (AvgIpc) is 3.14. The molecule has 166 valence electrons. The highest BCUT2D eigenvalue weighted by molar-refractivity contribution is 7.17. The van der Waals surface area contributed by atoms with Crippen molar-refractivity contribution in [2.75, 3.05) is 36.1 Å². The molecule has 0 atom stereocenters. The first kappa shape index (κ1) is 22.7. The second kappa shape index (κ2) is 10.4. The third-order valence-electron chi connectivity index (χ3n) is 4.86. The number of hydrogen-bond acceptors (Lipinski definition) is 7. The van der Waals surface area contributed by atoms with Crippen molar-refractivity contribution >= 4 is 39.9 Å². The summed E-state index contributed by atoms with van der Waals surface area (Å²) in [4.78, 5) is 45.9. The Hall–Kier alpha value is -2.94. The van der Waals surface area contributed by atoms with E-state index in [-0.39, 0.29) is 31.6 Å². The smallest absolute Gasteiger partial charge is 0.350 e. The van der Waals surface area contributed by atoms with Crippen molar-refractivity contribution in [1.82, 2.24) is 4.98 Å². The lowest BCUT2D eigenvalue weighted by molar-refractivity contribution is -0.124. The molecule has 3 rings (SSSR count). The predicted molar refractivity (Wildman–Crippen MR) is 119 cm³/mol. The van der Waals surface area contributed by atoms with Crippen molar-refractivity contribution in [3.05, 3.63) is 34.8 Å². The van der Waals surface area contributed by atoms with Crippen LogP contribution in [0.15, 0.2) is 24.3 Å². The molecule has 2 heterocycles. The topological polar surface area (TPSA) is 89.0 Å². The first-order chi connectivity index (χ1) is 15.0. The van der Waals surface area contributed by atoms with Gasteiger partial charge in [0.2, 0.25) is 5.91 Å². The van der Waals surface area contributed by atoms with Crippen molar-refractivity contribution < 1.29 is 23.9 Å². The van der Waals surface area contributed by atoms with Crippen molar-refractivity contribution in [3.8, 4) is 5.75 Å². The SMILES string of the molecule is CCCCCN(C(=O)CN1C(=O)COc2ccccc21)c1nc(C)c(C(=O)OCC)s1. The van der Waals surface area contributed by atoms with Crippen molar-refractivity contribution in [1.29, 1.82) is 0 Å². The van der Waals surface area contributed by atoms with Gasteiger partial charge in [0.25, 0.3) is 5.91 Å². The van der Waals surface area contributed by atoms with Gasteiger partial charge in [-0.3, -0.25) is 19.4 Å². The summed E-state index contributed by atoms with van der Waals surface area (Å²) in [6.07, 6.45) is 2.75. The number of hydrogen-bond donors (Lipinski definition) is 0. The molecule has 0 bridgehead atoms. The number of benzene rings is 1. The van der Waals surface area contributed by atoms with Gasteiger partial charge in [0.05, 0.1) is 18.0 Å². The highest BCUT2D eigenvalue weighted by Crippen LogP contribution is 2.32. The Morgan fingerprint density at radius 1 is 1.26 bits per heavy atom. The van der Waals surface area contributed by atoms with Crippen LogP contribution >= 0.6 is 11.3 Å². The van der Waals surface area contributed by atoms with Crippen LogP contribution < -0.4 is 14.5 Å². The molecule has 0 unspecified atom stereocenters. The molecule has 1 aromatic carbocycles. The molecule has 0 fully saturated rings. The maximum absolute atomic E-state index is 13.3. The minimum absolute atomic E-state index is 0.108. The summed E-state index contributed by atoms with van der Waals surface area (Å²) in [6.45, 7) is 6.05. The number of nitrogens with zero attached hydrogens (tertiary/aromatic N) is 3. The zero-order valence-electron chi connectivity index (χ0n) is 18.1. The average molecular weight is 446 g/mol. The summed E-state index contributed by atoms with van der Waals surface area (Å²) in [5.74, 6) is -0.405. The number of fused-ring (bicyclic) bond motifs is 1. The van der Waals surface area contributed by atoms with E-state index in [0.29, 0.717) is 33.7 Å². The monoisotopic (exact) mass is 445 g/mol. The van der Waals surface area contributed by atoms with E-state index >= 15 is 0 Å². The Balaban J connectivity index is 1.85. The lowest BCUT2D eigenvalue weighted by Gasteiger charge is -2.30. The molecule has 0 spiro atoms. The number of para-hydroxylation sites is 2. The third kappa shape index (κ3) is 5.22. The van der Waals surface area contributed by atoms with Crippen molar-refractivity contribution in [2.45, 2.75) is 40.0 Å². The summed E-state index contributed by atoms with van der Waals surface area (Å²) in [7, 11) is 0. The van der Waals surface area contributed by atoms with E-state index in [1.54, 1.807) is 36.9 Å². The molecule has 0 saturated carbocycles. The number of rotatable bonds is 9. The first-order valence-corrected chi connectivity index (χ1v) is 11.2. The normalized spacial score (nSPS) is 12.9. The standard InChI is InChI=1S/C22H27N3O5S/c1-4-6-9-12-24(22-23-15(3)20(31-22)21(28)29-5-2)18(26)13-25-16-10-7-8-11-17(16)30-14-19(25)27/h7-8,10-11H,4-6,9,12-14H2,1-3H3. The largest absolute Gasteiger partial charge is 0.482 e. The van der Waals surface area contributed by atoms with Crippen LogP contribution in [0.2, 0.25) is 0 Å². The van der Waals surface area contributed by atoms with E-state index in [1.807, 2.05) is 6.07 Å². The fourth-order valence-corrected chi connectivity index (χ4v) is 4.28. The number of unbranched alkanes of at least 4 members (excludes halogenated alkanes) is 2. The fraction of sp³-hybridized carbons (Fsp3) is 0.455. The van der Waals surface area contributed by atoms with Gasteiger partial charge in [0, 0.05) is 6.54 Å². The molecule has 2 aromatic rings. The number of aryl methyl sites for hydroxylation is 1. The maximum Gasteiger partial charge on any atom is 0.350 e. The molecular weight excluding hydrogens is 418 g/mol.